The zero-order chi connectivity index (χ0) is 19.1. The van der Waals surface area contributed by atoms with Gasteiger partial charge in [0.1, 0.15) is 11.5 Å². The molecule has 0 spiro atoms. The van der Waals surface area contributed by atoms with Crippen LogP contribution in [0.5, 0.6) is 5.75 Å². The van der Waals surface area contributed by atoms with Gasteiger partial charge in [-0.05, 0) is 45.4 Å². The first-order valence-electron chi connectivity index (χ1n) is 8.99. The Balaban J connectivity index is 1.91. The smallest absolute Gasteiger partial charge is 0.497 e. The van der Waals surface area contributed by atoms with Crippen molar-refractivity contribution in [3.63, 3.8) is 0 Å². The summed E-state index contributed by atoms with van der Waals surface area (Å²) in [7, 11) is 0.602. The maximum atomic E-state index is 15.5. The van der Waals surface area contributed by atoms with Gasteiger partial charge in [0.2, 0.25) is 0 Å². The molecule has 1 aromatic rings. The van der Waals surface area contributed by atoms with Crippen LogP contribution >= 0.6 is 0 Å². The molecule has 0 unspecified atom stereocenters. The van der Waals surface area contributed by atoms with Crippen molar-refractivity contribution in [2.75, 3.05) is 26.7 Å². The van der Waals surface area contributed by atoms with E-state index in [9.17, 15) is 0 Å². The molecule has 5 nitrogen and oxygen atoms in total. The second kappa shape index (κ2) is 6.96. The molecule has 2 fully saturated rings. The van der Waals surface area contributed by atoms with E-state index in [0.29, 0.717) is 12.1 Å². The van der Waals surface area contributed by atoms with Crippen LogP contribution in [0.25, 0.3) is 5.57 Å². The zero-order valence-electron chi connectivity index (χ0n) is 16.2. The van der Waals surface area contributed by atoms with Crippen molar-refractivity contribution in [3.05, 3.63) is 35.6 Å². The maximum Gasteiger partial charge on any atom is 0.525 e. The lowest BCUT2D eigenvalue weighted by molar-refractivity contribution is 0.00578. The normalized spacial score (nSPS) is 23.6. The lowest BCUT2D eigenvalue weighted by atomic mass is 9.82. The van der Waals surface area contributed by atoms with Crippen molar-refractivity contribution in [3.8, 4) is 5.75 Å². The molecule has 2 heterocycles. The average Bonchev–Trinajstić information content (AvgIpc) is 2.78. The van der Waals surface area contributed by atoms with Crippen LogP contribution in [0, 0.1) is 0 Å². The third-order valence-corrected chi connectivity index (χ3v) is 5.55. The summed E-state index contributed by atoms with van der Waals surface area (Å²) in [6.07, 6.45) is 0. The van der Waals surface area contributed by atoms with Gasteiger partial charge in [-0.25, -0.2) is 4.39 Å². The van der Waals surface area contributed by atoms with Crippen molar-refractivity contribution in [2.24, 2.45) is 5.73 Å². The van der Waals surface area contributed by atoms with Crippen LogP contribution in [0.3, 0.4) is 0 Å². The van der Waals surface area contributed by atoms with Crippen molar-refractivity contribution in [2.45, 2.75) is 44.9 Å². The van der Waals surface area contributed by atoms with E-state index < -0.39 is 18.3 Å². The highest BCUT2D eigenvalue weighted by Crippen LogP contribution is 2.40. The number of benzene rings is 1. The number of nitrogens with two attached hydrogens (primary N) is 1. The summed E-state index contributed by atoms with van der Waals surface area (Å²) < 4.78 is 32.5. The Hall–Kier alpha value is -1.41. The monoisotopic (exact) mass is 362 g/mol. The van der Waals surface area contributed by atoms with Crippen LogP contribution in [0.4, 0.5) is 4.39 Å². The fraction of sp³-hybridized carbons (Fsp3) is 0.579. The van der Waals surface area contributed by atoms with Gasteiger partial charge < -0.3 is 19.8 Å². The Morgan fingerprint density at radius 1 is 1.19 bits per heavy atom. The number of hydrogen-bond donors (Lipinski definition) is 1. The van der Waals surface area contributed by atoms with Gasteiger partial charge in [0.15, 0.2) is 0 Å². The molecule has 26 heavy (non-hydrogen) atoms. The minimum absolute atomic E-state index is 0.159. The molecule has 7 heteroatoms. The predicted molar refractivity (Wildman–Crippen MR) is 102 cm³/mol. The van der Waals surface area contributed by atoms with E-state index >= 15 is 4.39 Å². The Bertz CT molecular complexity index is 669. The molecule has 0 bridgehead atoms. The minimum Gasteiger partial charge on any atom is -0.497 e. The van der Waals surface area contributed by atoms with E-state index in [2.05, 4.69) is 4.90 Å². The van der Waals surface area contributed by atoms with E-state index in [1.165, 1.54) is 0 Å². The molecular formula is C19H28BFN2O3. The highest BCUT2D eigenvalue weighted by Gasteiger charge is 2.53. The molecule has 3 rings (SSSR count). The van der Waals surface area contributed by atoms with Crippen LogP contribution < -0.4 is 10.5 Å². The van der Waals surface area contributed by atoms with Gasteiger partial charge >= 0.3 is 7.12 Å². The third-order valence-electron chi connectivity index (χ3n) is 5.55. The summed E-state index contributed by atoms with van der Waals surface area (Å²) >= 11 is 0. The zero-order valence-corrected chi connectivity index (χ0v) is 16.2. The summed E-state index contributed by atoms with van der Waals surface area (Å²) in [6, 6.07) is 7.54. The average molecular weight is 362 g/mol. The van der Waals surface area contributed by atoms with Gasteiger partial charge in [0.25, 0.3) is 0 Å². The summed E-state index contributed by atoms with van der Waals surface area (Å²) in [5.41, 5.74) is 5.68. The van der Waals surface area contributed by atoms with Gasteiger partial charge in [-0.15, -0.1) is 0 Å². The standard InChI is InChI=1S/C19H28BFN2O3/c1-18(2)19(3,4)26-20(25-18)17(21)16(12-23-10-14(22)11-23)13-6-8-15(24-5)9-7-13/h6-9,14H,10-12,22H2,1-5H3. The molecule has 0 aromatic heterocycles. The summed E-state index contributed by atoms with van der Waals surface area (Å²) in [6.45, 7) is 9.66. The lowest BCUT2D eigenvalue weighted by Gasteiger charge is -2.37. The lowest BCUT2D eigenvalue weighted by Crippen LogP contribution is -2.55. The first-order valence-corrected chi connectivity index (χ1v) is 8.99. The Labute approximate surface area is 155 Å². The number of hydrogen-bond acceptors (Lipinski definition) is 5. The molecule has 2 aliphatic heterocycles. The molecule has 2 aliphatic rings. The Morgan fingerprint density at radius 2 is 1.73 bits per heavy atom. The van der Waals surface area contributed by atoms with Crippen LogP contribution in [-0.2, 0) is 9.31 Å². The fourth-order valence-electron chi connectivity index (χ4n) is 3.15. The van der Waals surface area contributed by atoms with Crippen molar-refractivity contribution < 1.29 is 18.4 Å². The Kier molecular flexibility index (Phi) is 5.18. The van der Waals surface area contributed by atoms with Gasteiger partial charge in [0, 0.05) is 31.2 Å². The number of rotatable bonds is 5. The molecule has 0 amide bonds. The summed E-state index contributed by atoms with van der Waals surface area (Å²) in [5.74, 6) is 0.732. The van der Waals surface area contributed by atoms with Crippen LogP contribution in [-0.4, -0.2) is 56.0 Å². The first-order chi connectivity index (χ1) is 12.1. The Morgan fingerprint density at radius 3 is 2.19 bits per heavy atom. The number of ether oxygens (including phenoxy) is 1. The minimum atomic E-state index is -1.01. The van der Waals surface area contributed by atoms with Crippen LogP contribution in [0.2, 0.25) is 0 Å². The van der Waals surface area contributed by atoms with E-state index in [4.69, 9.17) is 19.8 Å². The van der Waals surface area contributed by atoms with Gasteiger partial charge in [-0.1, -0.05) is 12.1 Å². The highest BCUT2D eigenvalue weighted by atomic mass is 19.1. The van der Waals surface area contributed by atoms with Crippen LogP contribution in [0.15, 0.2) is 30.0 Å². The first kappa shape index (κ1) is 19.4. The molecule has 0 aliphatic carbocycles. The van der Waals surface area contributed by atoms with Crippen molar-refractivity contribution in [1.29, 1.82) is 0 Å². The third kappa shape index (κ3) is 3.67. The van der Waals surface area contributed by atoms with Gasteiger partial charge in [-0.2, -0.15) is 0 Å². The van der Waals surface area contributed by atoms with Gasteiger partial charge in [0.05, 0.1) is 18.3 Å². The second-order valence-corrected chi connectivity index (χ2v) is 8.10. The van der Waals surface area contributed by atoms with E-state index in [1.807, 2.05) is 52.0 Å². The highest BCUT2D eigenvalue weighted by molar-refractivity contribution is 6.55. The molecule has 0 radical (unpaired) electrons. The molecule has 1 aromatic carbocycles. The largest absolute Gasteiger partial charge is 0.525 e. The summed E-state index contributed by atoms with van der Waals surface area (Å²) in [4.78, 5) is 2.12. The van der Waals surface area contributed by atoms with Crippen LogP contribution in [0.1, 0.15) is 33.3 Å². The number of halogens is 1. The molecule has 0 atom stereocenters. The molecule has 0 saturated carbocycles. The number of nitrogens with zero attached hydrogens (tertiary/aromatic N) is 1. The second-order valence-electron chi connectivity index (χ2n) is 8.10. The van der Waals surface area contributed by atoms with E-state index in [0.717, 1.165) is 24.4 Å². The summed E-state index contributed by atoms with van der Waals surface area (Å²) in [5, 5.41) is 0. The SMILES string of the molecule is COc1ccc(C(CN2CC(N)C2)=C(F)B2OC(C)(C)C(C)(C)O2)cc1. The van der Waals surface area contributed by atoms with Gasteiger partial charge in [-0.3, -0.25) is 4.90 Å². The molecular weight excluding hydrogens is 334 g/mol. The van der Waals surface area contributed by atoms with E-state index in [-0.39, 0.29) is 11.8 Å². The van der Waals surface area contributed by atoms with Crippen molar-refractivity contribution >= 4 is 12.7 Å². The predicted octanol–water partition coefficient (Wildman–Crippen LogP) is 2.65. The molecule has 2 N–H and O–H groups in total. The number of likely N-dealkylation sites (tertiary alicyclic amines) is 1. The van der Waals surface area contributed by atoms with E-state index in [1.54, 1.807) is 7.11 Å². The fourth-order valence-corrected chi connectivity index (χ4v) is 3.15. The number of methoxy groups -OCH3 is 1. The molecule has 142 valence electrons. The quantitative estimate of drug-likeness (QED) is 0.817. The topological polar surface area (TPSA) is 57.0 Å². The molecule has 2 saturated heterocycles. The maximum absolute atomic E-state index is 15.5. The van der Waals surface area contributed by atoms with Crippen molar-refractivity contribution in [1.82, 2.24) is 4.90 Å².